The third kappa shape index (κ3) is 4.75. The first-order chi connectivity index (χ1) is 8.50. The van der Waals surface area contributed by atoms with E-state index in [0.717, 1.165) is 13.0 Å². The molecule has 1 atom stereocenters. The van der Waals surface area contributed by atoms with E-state index in [1.54, 1.807) is 0 Å². The normalized spacial score (nSPS) is 18.7. The van der Waals surface area contributed by atoms with Crippen molar-refractivity contribution in [2.75, 3.05) is 20.1 Å². The summed E-state index contributed by atoms with van der Waals surface area (Å²) < 4.78 is 0. The van der Waals surface area contributed by atoms with Crippen LogP contribution in [0.15, 0.2) is 22.4 Å². The number of hydrogen-bond donors (Lipinski definition) is 1. The van der Waals surface area contributed by atoms with Crippen molar-refractivity contribution >= 4 is 11.8 Å². The van der Waals surface area contributed by atoms with Gasteiger partial charge in [-0.25, -0.2) is 0 Å². The van der Waals surface area contributed by atoms with Gasteiger partial charge in [-0.1, -0.05) is 0 Å². The van der Waals surface area contributed by atoms with Crippen LogP contribution in [-0.2, 0) is 9.59 Å². The van der Waals surface area contributed by atoms with E-state index in [1.807, 2.05) is 0 Å². The van der Waals surface area contributed by atoms with Crippen LogP contribution in [0.5, 0.6) is 0 Å². The van der Waals surface area contributed by atoms with Gasteiger partial charge in [0.15, 0.2) is 6.04 Å². The molecule has 0 fully saturated rings. The average Bonchev–Trinajstić information content (AvgIpc) is 2.34. The maximum Gasteiger partial charge on any atom is 0.287 e. The summed E-state index contributed by atoms with van der Waals surface area (Å²) in [5, 5.41) is 9.74. The minimum Gasteiger partial charge on any atom is -0.354 e. The summed E-state index contributed by atoms with van der Waals surface area (Å²) in [7, 11) is 2.05. The number of nitrogens with zero attached hydrogens (tertiary/aromatic N) is 3. The molecule has 0 spiro atoms. The third-order valence-corrected chi connectivity index (χ3v) is 2.84. The highest BCUT2D eigenvalue weighted by Gasteiger charge is 2.17. The van der Waals surface area contributed by atoms with Crippen molar-refractivity contribution in [1.82, 2.24) is 10.2 Å². The van der Waals surface area contributed by atoms with E-state index in [9.17, 15) is 9.59 Å². The van der Waals surface area contributed by atoms with Gasteiger partial charge < -0.3 is 10.2 Å². The van der Waals surface area contributed by atoms with E-state index in [2.05, 4.69) is 41.3 Å². The minimum absolute atomic E-state index is 0.213. The maximum absolute atomic E-state index is 11.6. The predicted molar refractivity (Wildman–Crippen MR) is 68.2 cm³/mol. The monoisotopic (exact) mass is 252 g/mol. The summed E-state index contributed by atoms with van der Waals surface area (Å²) in [6.07, 6.45) is 3.61. The third-order valence-electron chi connectivity index (χ3n) is 2.84. The number of rotatable bonds is 6. The smallest absolute Gasteiger partial charge is 0.287 e. The first-order valence-corrected chi connectivity index (χ1v) is 6.11. The Labute approximate surface area is 107 Å². The molecule has 1 heterocycles. The highest BCUT2D eigenvalue weighted by molar-refractivity contribution is 5.92. The molecule has 2 amide bonds. The van der Waals surface area contributed by atoms with Gasteiger partial charge >= 0.3 is 0 Å². The van der Waals surface area contributed by atoms with Crippen molar-refractivity contribution in [3.05, 3.63) is 12.2 Å². The number of carbonyl (C=O) groups excluding carboxylic acids is 2. The van der Waals surface area contributed by atoms with Gasteiger partial charge in [-0.05, 0) is 39.9 Å². The molecule has 0 saturated heterocycles. The second kappa shape index (κ2) is 7.00. The van der Waals surface area contributed by atoms with Crippen molar-refractivity contribution < 1.29 is 9.59 Å². The first-order valence-electron chi connectivity index (χ1n) is 6.11. The Bertz CT molecular complexity index is 347. The molecule has 0 aromatic heterocycles. The van der Waals surface area contributed by atoms with Crippen LogP contribution in [0, 0.1) is 0 Å². The lowest BCUT2D eigenvalue weighted by molar-refractivity contribution is -0.121. The standard InChI is InChI=1S/C12H20N4O2/c1-9(2)16(3)8-4-7-13-12(18)10-5-6-11(17)15-14-10/h5-6,9-10H,4,7-8H2,1-3H3,(H,13,18). The number of hydrogen-bond acceptors (Lipinski definition) is 4. The largest absolute Gasteiger partial charge is 0.354 e. The molecular formula is C12H20N4O2. The lowest BCUT2D eigenvalue weighted by Gasteiger charge is -2.20. The fourth-order valence-corrected chi connectivity index (χ4v) is 1.41. The molecular weight excluding hydrogens is 232 g/mol. The van der Waals surface area contributed by atoms with Crippen LogP contribution >= 0.6 is 0 Å². The molecule has 1 N–H and O–H groups in total. The van der Waals surface area contributed by atoms with E-state index in [4.69, 9.17) is 0 Å². The lowest BCUT2D eigenvalue weighted by atomic mass is 10.2. The topological polar surface area (TPSA) is 74.1 Å². The van der Waals surface area contributed by atoms with Crippen LogP contribution < -0.4 is 5.32 Å². The number of carbonyl (C=O) groups is 2. The Morgan fingerprint density at radius 3 is 2.83 bits per heavy atom. The van der Waals surface area contributed by atoms with E-state index in [1.165, 1.54) is 12.2 Å². The van der Waals surface area contributed by atoms with Gasteiger partial charge in [0.2, 0.25) is 0 Å². The van der Waals surface area contributed by atoms with Gasteiger partial charge in [-0.3, -0.25) is 9.59 Å². The van der Waals surface area contributed by atoms with Crippen molar-refractivity contribution in [2.24, 2.45) is 10.2 Å². The van der Waals surface area contributed by atoms with Crippen LogP contribution in [0.1, 0.15) is 20.3 Å². The zero-order chi connectivity index (χ0) is 13.5. The van der Waals surface area contributed by atoms with Gasteiger partial charge in [0.1, 0.15) is 0 Å². The van der Waals surface area contributed by atoms with Crippen LogP contribution in [0.3, 0.4) is 0 Å². The molecule has 0 saturated carbocycles. The van der Waals surface area contributed by atoms with Crippen molar-refractivity contribution in [1.29, 1.82) is 0 Å². The zero-order valence-corrected chi connectivity index (χ0v) is 11.1. The summed E-state index contributed by atoms with van der Waals surface area (Å²) in [6, 6.07) is -0.160. The highest BCUT2D eigenvalue weighted by atomic mass is 16.2. The summed E-state index contributed by atoms with van der Waals surface area (Å²) in [5.74, 6) is -0.632. The van der Waals surface area contributed by atoms with Gasteiger partial charge in [0.25, 0.3) is 11.8 Å². The Morgan fingerprint density at radius 1 is 1.56 bits per heavy atom. The minimum atomic E-state index is -0.662. The Balaban J connectivity index is 2.20. The van der Waals surface area contributed by atoms with E-state index >= 15 is 0 Å². The fourth-order valence-electron chi connectivity index (χ4n) is 1.41. The molecule has 0 radical (unpaired) electrons. The Kier molecular flexibility index (Phi) is 5.64. The number of azo groups is 1. The lowest BCUT2D eigenvalue weighted by Crippen LogP contribution is -2.35. The molecule has 0 aromatic rings. The molecule has 0 aliphatic carbocycles. The number of amides is 2. The second-order valence-electron chi connectivity index (χ2n) is 4.58. The Hall–Kier alpha value is -1.56. The van der Waals surface area contributed by atoms with Crippen LogP contribution in [0.25, 0.3) is 0 Å². The molecule has 1 unspecified atom stereocenters. The van der Waals surface area contributed by atoms with E-state index in [0.29, 0.717) is 12.6 Å². The molecule has 1 rings (SSSR count). The van der Waals surface area contributed by atoms with Gasteiger partial charge in [-0.15, -0.1) is 5.11 Å². The van der Waals surface area contributed by atoms with Crippen molar-refractivity contribution in [3.8, 4) is 0 Å². The fraction of sp³-hybridized carbons (Fsp3) is 0.667. The quantitative estimate of drug-likeness (QED) is 0.709. The van der Waals surface area contributed by atoms with Crippen LogP contribution in [-0.4, -0.2) is 48.9 Å². The molecule has 0 aromatic carbocycles. The molecule has 0 bridgehead atoms. The Morgan fingerprint density at radius 2 is 2.28 bits per heavy atom. The SMILES string of the molecule is CC(C)N(C)CCCNC(=O)C1C=CC(=O)N=N1. The first kappa shape index (κ1) is 14.5. The summed E-state index contributed by atoms with van der Waals surface area (Å²) >= 11 is 0. The van der Waals surface area contributed by atoms with Gasteiger partial charge in [0, 0.05) is 18.7 Å². The van der Waals surface area contributed by atoms with Crippen molar-refractivity contribution in [3.63, 3.8) is 0 Å². The van der Waals surface area contributed by atoms with Crippen LogP contribution in [0.4, 0.5) is 0 Å². The average molecular weight is 252 g/mol. The summed E-state index contributed by atoms with van der Waals surface area (Å²) in [4.78, 5) is 24.6. The molecule has 100 valence electrons. The molecule has 1 aliphatic rings. The van der Waals surface area contributed by atoms with E-state index < -0.39 is 11.9 Å². The summed E-state index contributed by atoms with van der Waals surface area (Å²) in [6.45, 7) is 5.79. The van der Waals surface area contributed by atoms with Crippen molar-refractivity contribution in [2.45, 2.75) is 32.4 Å². The summed E-state index contributed by atoms with van der Waals surface area (Å²) in [5.41, 5.74) is 0. The highest BCUT2D eigenvalue weighted by Crippen LogP contribution is 2.02. The number of nitrogens with one attached hydrogen (secondary N) is 1. The van der Waals surface area contributed by atoms with E-state index in [-0.39, 0.29) is 5.91 Å². The second-order valence-corrected chi connectivity index (χ2v) is 4.58. The van der Waals surface area contributed by atoms with Crippen LogP contribution in [0.2, 0.25) is 0 Å². The molecule has 1 aliphatic heterocycles. The molecule has 18 heavy (non-hydrogen) atoms. The maximum atomic E-state index is 11.6. The predicted octanol–water partition coefficient (Wildman–Crippen LogP) is 0.750. The zero-order valence-electron chi connectivity index (χ0n) is 11.1. The van der Waals surface area contributed by atoms with Gasteiger partial charge in [-0.2, -0.15) is 5.11 Å². The molecule has 6 heteroatoms. The van der Waals surface area contributed by atoms with Gasteiger partial charge in [0.05, 0.1) is 0 Å². The molecule has 6 nitrogen and oxygen atoms in total.